The maximum absolute atomic E-state index is 12.6. The van der Waals surface area contributed by atoms with E-state index in [1.165, 1.54) is 11.1 Å². The molecule has 0 aliphatic carbocycles. The molecule has 0 bridgehead atoms. The number of pyridine rings is 2. The zero-order valence-electron chi connectivity index (χ0n) is 21.9. The Kier molecular flexibility index (Phi) is 10.9. The van der Waals surface area contributed by atoms with E-state index in [-0.39, 0.29) is 0 Å². The lowest BCUT2D eigenvalue weighted by atomic mass is 10.0. The van der Waals surface area contributed by atoms with Crippen LogP contribution in [0.5, 0.6) is 11.8 Å². The number of carbonyl (C=O) groups excluding carboxylic acids is 1. The van der Waals surface area contributed by atoms with E-state index in [0.29, 0.717) is 11.8 Å². The van der Waals surface area contributed by atoms with Crippen molar-refractivity contribution in [1.82, 2.24) is 9.97 Å². The number of ether oxygens (including phenoxy) is 2. The molecule has 0 unspecified atom stereocenters. The van der Waals surface area contributed by atoms with Crippen LogP contribution in [0.4, 0.5) is 4.79 Å². The van der Waals surface area contributed by atoms with Crippen LogP contribution in [-0.4, -0.2) is 16.1 Å². The molecule has 5 heteroatoms. The molecular weight excluding hydrogens is 472 g/mol. The summed E-state index contributed by atoms with van der Waals surface area (Å²) in [5, 5.41) is 0. The standard InChI is InChI=1S/C33H36N2O3/c36-33(37-31-29(23-13-25-34-31)21-11-3-9-19-27-15-5-1-6-16-27)38-32-30(24-14-26-35-32)22-12-4-10-20-28-17-7-2-8-18-28/h1-2,5-8,13-18,23-26H,3-4,9-12,19-22H2. The SMILES string of the molecule is O=C(Oc1ncccc1CCCCCc1ccccc1)Oc1ncccc1CCCCCc1ccccc1. The molecule has 4 rings (SSSR count). The molecule has 4 aromatic rings. The first-order valence-electron chi connectivity index (χ1n) is 13.6. The number of nitrogens with zero attached hydrogens (tertiary/aromatic N) is 2. The summed E-state index contributed by atoms with van der Waals surface area (Å²) in [6.07, 6.45) is 12.6. The predicted octanol–water partition coefficient (Wildman–Crippen LogP) is 7.97. The minimum Gasteiger partial charge on any atom is -0.375 e. The summed E-state index contributed by atoms with van der Waals surface area (Å²) in [5.74, 6) is 0.609. The molecular formula is C33H36N2O3. The van der Waals surface area contributed by atoms with E-state index in [2.05, 4.69) is 58.5 Å². The van der Waals surface area contributed by atoms with Gasteiger partial charge in [-0.15, -0.1) is 0 Å². The molecule has 0 saturated carbocycles. The quantitative estimate of drug-likeness (QED) is 0.128. The largest absolute Gasteiger partial charge is 0.522 e. The average Bonchev–Trinajstić information content (AvgIpc) is 2.95. The Morgan fingerprint density at radius 3 is 1.37 bits per heavy atom. The molecule has 0 N–H and O–H groups in total. The van der Waals surface area contributed by atoms with E-state index in [1.807, 2.05) is 36.4 Å². The van der Waals surface area contributed by atoms with Crippen molar-refractivity contribution in [2.75, 3.05) is 0 Å². The van der Waals surface area contributed by atoms with Gasteiger partial charge < -0.3 is 9.47 Å². The van der Waals surface area contributed by atoms with Crippen LogP contribution in [0.1, 0.15) is 60.8 Å². The highest BCUT2D eigenvalue weighted by Crippen LogP contribution is 2.21. The first-order chi connectivity index (χ1) is 18.8. The molecule has 196 valence electrons. The predicted molar refractivity (Wildman–Crippen MR) is 151 cm³/mol. The summed E-state index contributed by atoms with van der Waals surface area (Å²) in [6, 6.07) is 28.7. The Balaban J connectivity index is 1.21. The van der Waals surface area contributed by atoms with Gasteiger partial charge in [0.25, 0.3) is 0 Å². The second kappa shape index (κ2) is 15.3. The number of unbranched alkanes of at least 4 members (excludes halogenated alkanes) is 4. The van der Waals surface area contributed by atoms with Crippen molar-refractivity contribution in [2.45, 2.75) is 64.2 Å². The van der Waals surface area contributed by atoms with Crippen molar-refractivity contribution in [2.24, 2.45) is 0 Å². The van der Waals surface area contributed by atoms with Crippen LogP contribution in [0.15, 0.2) is 97.3 Å². The van der Waals surface area contributed by atoms with Crippen molar-refractivity contribution in [3.63, 3.8) is 0 Å². The molecule has 38 heavy (non-hydrogen) atoms. The van der Waals surface area contributed by atoms with Crippen molar-refractivity contribution >= 4 is 6.16 Å². The Hall–Kier alpha value is -3.99. The highest BCUT2D eigenvalue weighted by atomic mass is 16.7. The van der Waals surface area contributed by atoms with Crippen molar-refractivity contribution in [1.29, 1.82) is 0 Å². The van der Waals surface area contributed by atoms with Gasteiger partial charge in [-0.2, -0.15) is 0 Å². The van der Waals surface area contributed by atoms with Gasteiger partial charge in [0.2, 0.25) is 11.8 Å². The molecule has 0 aliphatic heterocycles. The zero-order valence-corrected chi connectivity index (χ0v) is 21.9. The number of hydrogen-bond donors (Lipinski definition) is 0. The average molecular weight is 509 g/mol. The minimum atomic E-state index is -0.807. The molecule has 0 radical (unpaired) electrons. The lowest BCUT2D eigenvalue weighted by Gasteiger charge is -2.11. The van der Waals surface area contributed by atoms with Gasteiger partial charge in [0.15, 0.2) is 0 Å². The fourth-order valence-electron chi connectivity index (χ4n) is 4.52. The fourth-order valence-corrected chi connectivity index (χ4v) is 4.52. The highest BCUT2D eigenvalue weighted by Gasteiger charge is 2.15. The Morgan fingerprint density at radius 2 is 0.921 bits per heavy atom. The molecule has 0 saturated heterocycles. The van der Waals surface area contributed by atoms with Gasteiger partial charge in [0.05, 0.1) is 0 Å². The summed E-state index contributed by atoms with van der Waals surface area (Å²) >= 11 is 0. The summed E-state index contributed by atoms with van der Waals surface area (Å²) in [7, 11) is 0. The van der Waals surface area contributed by atoms with E-state index in [4.69, 9.17) is 9.47 Å². The van der Waals surface area contributed by atoms with Gasteiger partial charge in [-0.05, 0) is 74.6 Å². The van der Waals surface area contributed by atoms with Crippen molar-refractivity contribution < 1.29 is 14.3 Å². The number of rotatable bonds is 14. The molecule has 2 aromatic heterocycles. The van der Waals surface area contributed by atoms with Crippen LogP contribution in [0.3, 0.4) is 0 Å². The van der Waals surface area contributed by atoms with E-state index in [1.54, 1.807) is 12.4 Å². The number of aryl methyl sites for hydroxylation is 4. The third kappa shape index (κ3) is 9.15. The van der Waals surface area contributed by atoms with Crippen LogP contribution in [0, 0.1) is 0 Å². The first-order valence-corrected chi connectivity index (χ1v) is 13.6. The maximum Gasteiger partial charge on any atom is 0.522 e. The van der Waals surface area contributed by atoms with Gasteiger partial charge in [0.1, 0.15) is 0 Å². The van der Waals surface area contributed by atoms with Crippen LogP contribution in [0.2, 0.25) is 0 Å². The number of aromatic nitrogens is 2. The normalized spacial score (nSPS) is 10.7. The summed E-state index contributed by atoms with van der Waals surface area (Å²) in [6.45, 7) is 0. The van der Waals surface area contributed by atoms with Crippen LogP contribution in [0.25, 0.3) is 0 Å². The molecule has 2 aromatic carbocycles. The van der Waals surface area contributed by atoms with Gasteiger partial charge in [-0.3, -0.25) is 0 Å². The van der Waals surface area contributed by atoms with Crippen LogP contribution >= 0.6 is 0 Å². The minimum absolute atomic E-state index is 0.305. The fraction of sp³-hybridized carbons (Fsp3) is 0.303. The third-order valence-electron chi connectivity index (χ3n) is 6.57. The van der Waals surface area contributed by atoms with Crippen molar-refractivity contribution in [3.8, 4) is 11.8 Å². The summed E-state index contributed by atoms with van der Waals surface area (Å²) < 4.78 is 11.0. The van der Waals surface area contributed by atoms with Crippen molar-refractivity contribution in [3.05, 3.63) is 120 Å². The third-order valence-corrected chi connectivity index (χ3v) is 6.57. The van der Waals surface area contributed by atoms with E-state index in [0.717, 1.165) is 75.3 Å². The second-order valence-electron chi connectivity index (χ2n) is 9.48. The van der Waals surface area contributed by atoms with Gasteiger partial charge in [0, 0.05) is 23.5 Å². The van der Waals surface area contributed by atoms with Crippen LogP contribution in [-0.2, 0) is 25.7 Å². The molecule has 0 atom stereocenters. The Labute approximate surface area is 225 Å². The van der Waals surface area contributed by atoms with Gasteiger partial charge in [-0.1, -0.05) is 85.6 Å². The molecule has 0 aliphatic rings. The molecule has 2 heterocycles. The second-order valence-corrected chi connectivity index (χ2v) is 9.48. The van der Waals surface area contributed by atoms with E-state index in [9.17, 15) is 4.79 Å². The summed E-state index contributed by atoms with van der Waals surface area (Å²) in [4.78, 5) is 21.2. The maximum atomic E-state index is 12.6. The smallest absolute Gasteiger partial charge is 0.375 e. The Bertz CT molecular complexity index is 1150. The lowest BCUT2D eigenvalue weighted by Crippen LogP contribution is -2.17. The monoisotopic (exact) mass is 508 g/mol. The van der Waals surface area contributed by atoms with Gasteiger partial charge in [-0.25, -0.2) is 14.8 Å². The Morgan fingerprint density at radius 1 is 0.500 bits per heavy atom. The number of benzene rings is 2. The van der Waals surface area contributed by atoms with E-state index >= 15 is 0 Å². The molecule has 0 fully saturated rings. The first kappa shape index (κ1) is 27.1. The number of hydrogen-bond acceptors (Lipinski definition) is 5. The molecule has 0 amide bonds. The lowest BCUT2D eigenvalue weighted by molar-refractivity contribution is 0.147. The molecule has 5 nitrogen and oxygen atoms in total. The topological polar surface area (TPSA) is 61.3 Å². The van der Waals surface area contributed by atoms with Crippen LogP contribution < -0.4 is 9.47 Å². The van der Waals surface area contributed by atoms with E-state index < -0.39 is 6.16 Å². The zero-order chi connectivity index (χ0) is 26.3. The van der Waals surface area contributed by atoms with Gasteiger partial charge >= 0.3 is 6.16 Å². The highest BCUT2D eigenvalue weighted by molar-refractivity contribution is 5.66. The molecule has 0 spiro atoms. The summed E-state index contributed by atoms with van der Waals surface area (Å²) in [5.41, 5.74) is 4.54. The number of carbonyl (C=O) groups is 1.